The van der Waals surface area contributed by atoms with E-state index in [1.807, 2.05) is 32.9 Å². The third-order valence-corrected chi connectivity index (χ3v) is 6.79. The molecule has 1 fully saturated rings. The minimum absolute atomic E-state index is 0.0359. The molecule has 33 heavy (non-hydrogen) atoms. The summed E-state index contributed by atoms with van der Waals surface area (Å²) < 4.78 is 13.4. The lowest BCUT2D eigenvalue weighted by Gasteiger charge is -2.21. The molecule has 7 nitrogen and oxygen atoms in total. The molecular formula is C24H23N3O4S2. The summed E-state index contributed by atoms with van der Waals surface area (Å²) in [5.41, 5.74) is 1.10. The fourth-order valence-electron chi connectivity index (χ4n) is 3.47. The molecule has 2 aromatic heterocycles. The molecule has 170 valence electrons. The number of ether oxygens (including phenoxy) is 2. The van der Waals surface area contributed by atoms with Crippen molar-refractivity contribution in [1.29, 1.82) is 0 Å². The number of fused-ring (bicyclic) bond motifs is 1. The Balaban J connectivity index is 1.90. The Morgan fingerprint density at radius 2 is 1.91 bits per heavy atom. The minimum Gasteiger partial charge on any atom is -0.493 e. The van der Waals surface area contributed by atoms with Gasteiger partial charge in [-0.15, -0.1) is 0 Å². The SMILES string of the molecule is CCC(C)N1C(=O)/C(=C/c2c(Oc3ccccc3OC)nc3c(C)cccn3c2=O)SC1=S. The molecule has 0 N–H and O–H groups in total. The number of methoxy groups -OCH3 is 1. The molecule has 9 heteroatoms. The number of pyridine rings is 1. The Kier molecular flexibility index (Phi) is 6.53. The first-order valence-corrected chi connectivity index (χ1v) is 11.7. The van der Waals surface area contributed by atoms with Gasteiger partial charge in [-0.25, -0.2) is 0 Å². The summed E-state index contributed by atoms with van der Waals surface area (Å²) in [5, 5.41) is 0. The molecule has 0 bridgehead atoms. The van der Waals surface area contributed by atoms with Crippen LogP contribution >= 0.6 is 24.0 Å². The van der Waals surface area contributed by atoms with Crippen molar-refractivity contribution in [2.45, 2.75) is 33.2 Å². The molecule has 1 aliphatic heterocycles. The largest absolute Gasteiger partial charge is 0.493 e. The molecule has 1 amide bonds. The van der Waals surface area contributed by atoms with Crippen molar-refractivity contribution < 1.29 is 14.3 Å². The van der Waals surface area contributed by atoms with E-state index in [0.717, 1.165) is 12.0 Å². The van der Waals surface area contributed by atoms with Gasteiger partial charge in [-0.1, -0.05) is 49.1 Å². The molecule has 1 aliphatic rings. The summed E-state index contributed by atoms with van der Waals surface area (Å²) >= 11 is 6.60. The molecule has 1 aromatic carbocycles. The van der Waals surface area contributed by atoms with Gasteiger partial charge in [0, 0.05) is 12.2 Å². The zero-order valence-corrected chi connectivity index (χ0v) is 20.3. The van der Waals surface area contributed by atoms with Gasteiger partial charge in [0.15, 0.2) is 11.5 Å². The molecule has 0 spiro atoms. The molecule has 1 saturated heterocycles. The zero-order chi connectivity index (χ0) is 23.7. The van der Waals surface area contributed by atoms with E-state index in [4.69, 9.17) is 21.7 Å². The predicted molar refractivity (Wildman–Crippen MR) is 134 cm³/mol. The van der Waals surface area contributed by atoms with Crippen LogP contribution in [0.1, 0.15) is 31.4 Å². The van der Waals surface area contributed by atoms with Crippen LogP contribution in [-0.4, -0.2) is 37.7 Å². The third kappa shape index (κ3) is 4.26. The number of nitrogens with zero attached hydrogens (tertiary/aromatic N) is 3. The lowest BCUT2D eigenvalue weighted by atomic mass is 10.2. The number of carbonyl (C=O) groups excluding carboxylic acids is 1. The Bertz CT molecular complexity index is 1350. The molecule has 1 atom stereocenters. The summed E-state index contributed by atoms with van der Waals surface area (Å²) in [6, 6.07) is 10.7. The van der Waals surface area contributed by atoms with Gasteiger partial charge in [0.2, 0.25) is 5.88 Å². The fraction of sp³-hybridized carbons (Fsp3) is 0.250. The van der Waals surface area contributed by atoms with Crippen molar-refractivity contribution in [1.82, 2.24) is 14.3 Å². The Hall–Kier alpha value is -3.17. The number of amides is 1. The van der Waals surface area contributed by atoms with Gasteiger partial charge in [-0.3, -0.25) is 18.9 Å². The summed E-state index contributed by atoms with van der Waals surface area (Å²) in [6.45, 7) is 5.80. The highest BCUT2D eigenvalue weighted by Gasteiger charge is 2.35. The molecule has 0 saturated carbocycles. The highest BCUT2D eigenvalue weighted by Crippen LogP contribution is 2.37. The Morgan fingerprint density at radius 1 is 1.18 bits per heavy atom. The van der Waals surface area contributed by atoms with E-state index < -0.39 is 0 Å². The van der Waals surface area contributed by atoms with Gasteiger partial charge in [0.1, 0.15) is 15.5 Å². The average Bonchev–Trinajstić information content (AvgIpc) is 3.09. The summed E-state index contributed by atoms with van der Waals surface area (Å²) in [6.07, 6.45) is 3.93. The van der Waals surface area contributed by atoms with Gasteiger partial charge < -0.3 is 9.47 Å². The second kappa shape index (κ2) is 9.36. The Labute approximate surface area is 201 Å². The third-order valence-electron chi connectivity index (χ3n) is 5.46. The van der Waals surface area contributed by atoms with Crippen molar-refractivity contribution in [2.24, 2.45) is 0 Å². The normalized spacial score (nSPS) is 16.0. The number of aryl methyl sites for hydroxylation is 1. The van der Waals surface area contributed by atoms with E-state index in [1.54, 1.807) is 35.4 Å². The number of hydrogen-bond donors (Lipinski definition) is 0. The van der Waals surface area contributed by atoms with Crippen LogP contribution < -0.4 is 15.0 Å². The molecule has 3 aromatic rings. The van der Waals surface area contributed by atoms with E-state index in [1.165, 1.54) is 29.3 Å². The number of carbonyl (C=O) groups is 1. The van der Waals surface area contributed by atoms with Crippen LogP contribution in [0.25, 0.3) is 11.7 Å². The maximum Gasteiger partial charge on any atom is 0.269 e. The van der Waals surface area contributed by atoms with Crippen molar-refractivity contribution >= 4 is 45.9 Å². The van der Waals surface area contributed by atoms with Gasteiger partial charge in [0.05, 0.1) is 12.0 Å². The first-order chi connectivity index (χ1) is 15.8. The number of aromatic nitrogens is 2. The molecule has 1 unspecified atom stereocenters. The quantitative estimate of drug-likeness (QED) is 0.370. The molecule has 3 heterocycles. The first kappa shape index (κ1) is 23.0. The van der Waals surface area contributed by atoms with Crippen LogP contribution in [-0.2, 0) is 4.79 Å². The average molecular weight is 482 g/mol. The van der Waals surface area contributed by atoms with Gasteiger partial charge >= 0.3 is 0 Å². The highest BCUT2D eigenvalue weighted by atomic mass is 32.2. The maximum atomic E-state index is 13.5. The van der Waals surface area contributed by atoms with Crippen LogP contribution in [0.2, 0.25) is 0 Å². The molecule has 0 radical (unpaired) electrons. The summed E-state index contributed by atoms with van der Waals surface area (Å²) in [5.74, 6) is 0.772. The van der Waals surface area contributed by atoms with E-state index in [-0.39, 0.29) is 29.0 Å². The number of thioether (sulfide) groups is 1. The molecule has 0 aliphatic carbocycles. The Morgan fingerprint density at radius 3 is 2.61 bits per heavy atom. The highest BCUT2D eigenvalue weighted by molar-refractivity contribution is 8.26. The van der Waals surface area contributed by atoms with Gasteiger partial charge in [0.25, 0.3) is 11.5 Å². The summed E-state index contributed by atoms with van der Waals surface area (Å²) in [4.78, 5) is 33.2. The second-order valence-electron chi connectivity index (χ2n) is 7.58. The topological polar surface area (TPSA) is 73.1 Å². The summed E-state index contributed by atoms with van der Waals surface area (Å²) in [7, 11) is 1.54. The smallest absolute Gasteiger partial charge is 0.269 e. The van der Waals surface area contributed by atoms with E-state index in [2.05, 4.69) is 4.98 Å². The van der Waals surface area contributed by atoms with Crippen molar-refractivity contribution in [2.75, 3.05) is 7.11 Å². The number of para-hydroxylation sites is 2. The zero-order valence-electron chi connectivity index (χ0n) is 18.7. The van der Waals surface area contributed by atoms with Crippen molar-refractivity contribution in [3.63, 3.8) is 0 Å². The lowest BCUT2D eigenvalue weighted by Crippen LogP contribution is -2.36. The first-order valence-electron chi connectivity index (χ1n) is 10.5. The van der Waals surface area contributed by atoms with E-state index in [0.29, 0.717) is 26.4 Å². The van der Waals surface area contributed by atoms with Crippen molar-refractivity contribution in [3.05, 3.63) is 69.0 Å². The fourth-order valence-corrected chi connectivity index (χ4v) is 4.92. The molecule has 4 rings (SSSR count). The number of benzene rings is 1. The number of thiocarbonyl (C=S) groups is 1. The van der Waals surface area contributed by atoms with Crippen LogP contribution in [0, 0.1) is 6.92 Å². The maximum absolute atomic E-state index is 13.5. The number of hydrogen-bond acceptors (Lipinski definition) is 7. The van der Waals surface area contributed by atoms with Gasteiger partial charge in [-0.2, -0.15) is 4.98 Å². The van der Waals surface area contributed by atoms with E-state index >= 15 is 0 Å². The van der Waals surface area contributed by atoms with Crippen LogP contribution in [0.15, 0.2) is 52.3 Å². The minimum atomic E-state index is -0.345. The van der Waals surface area contributed by atoms with Gasteiger partial charge in [-0.05, 0) is 50.1 Å². The van der Waals surface area contributed by atoms with Crippen LogP contribution in [0.5, 0.6) is 17.4 Å². The second-order valence-corrected chi connectivity index (χ2v) is 9.26. The molecular weight excluding hydrogens is 458 g/mol. The lowest BCUT2D eigenvalue weighted by molar-refractivity contribution is -0.123. The van der Waals surface area contributed by atoms with Crippen molar-refractivity contribution in [3.8, 4) is 17.4 Å². The monoisotopic (exact) mass is 481 g/mol. The van der Waals surface area contributed by atoms with Crippen LogP contribution in [0.4, 0.5) is 0 Å². The number of rotatable bonds is 6. The predicted octanol–water partition coefficient (Wildman–Crippen LogP) is 4.80. The van der Waals surface area contributed by atoms with E-state index in [9.17, 15) is 9.59 Å². The van der Waals surface area contributed by atoms with Crippen LogP contribution in [0.3, 0.4) is 0 Å². The standard InChI is InChI=1S/C24H23N3O4S2/c1-5-15(3)27-23(29)19(33-24(27)32)13-16-21(31-18-11-7-6-10-17(18)30-4)25-20-14(2)9-8-12-26(20)22(16)28/h6-13,15H,5H2,1-4H3/b19-13-.